The van der Waals surface area contributed by atoms with E-state index >= 15 is 0 Å². The highest BCUT2D eigenvalue weighted by molar-refractivity contribution is 5.96. The van der Waals surface area contributed by atoms with E-state index in [2.05, 4.69) is 26.1 Å². The van der Waals surface area contributed by atoms with Crippen molar-refractivity contribution in [2.75, 3.05) is 18.4 Å². The summed E-state index contributed by atoms with van der Waals surface area (Å²) in [7, 11) is 0. The second-order valence-corrected chi connectivity index (χ2v) is 7.07. The van der Waals surface area contributed by atoms with Crippen LogP contribution >= 0.6 is 0 Å². The van der Waals surface area contributed by atoms with Crippen LogP contribution < -0.4 is 21.7 Å². The number of amidine groups is 1. The summed E-state index contributed by atoms with van der Waals surface area (Å²) in [4.78, 5) is 24.9. The van der Waals surface area contributed by atoms with Crippen LogP contribution in [0.3, 0.4) is 0 Å². The van der Waals surface area contributed by atoms with Crippen LogP contribution in [0.5, 0.6) is 5.75 Å². The van der Waals surface area contributed by atoms with Gasteiger partial charge in [-0.15, -0.1) is 0 Å². The van der Waals surface area contributed by atoms with E-state index < -0.39 is 11.9 Å². The molecule has 10 nitrogen and oxygen atoms in total. The summed E-state index contributed by atoms with van der Waals surface area (Å²) in [6.45, 7) is 0.216. The molecular formula is C22H25N7O3. The zero-order chi connectivity index (χ0) is 22.9. The van der Waals surface area contributed by atoms with Gasteiger partial charge in [0, 0.05) is 24.0 Å². The third-order valence-electron chi connectivity index (χ3n) is 4.68. The minimum absolute atomic E-state index is 0.0832. The number of aromatic nitrogens is 2. The molecule has 0 bridgehead atoms. The zero-order valence-electron chi connectivity index (χ0n) is 17.3. The number of carbonyl (C=O) groups excluding carboxylic acids is 2. The van der Waals surface area contributed by atoms with Crippen LogP contribution in [0.1, 0.15) is 22.9 Å². The molecule has 3 aromatic rings. The monoisotopic (exact) mass is 435 g/mol. The number of nitrogens with two attached hydrogens (primary N) is 1. The second kappa shape index (κ2) is 10.6. The lowest BCUT2D eigenvalue weighted by molar-refractivity contribution is -0.126. The molecule has 0 spiro atoms. The van der Waals surface area contributed by atoms with Crippen LogP contribution in [-0.4, -0.2) is 46.0 Å². The Kier molecular flexibility index (Phi) is 7.42. The van der Waals surface area contributed by atoms with Gasteiger partial charge in [-0.1, -0.05) is 24.3 Å². The van der Waals surface area contributed by atoms with Gasteiger partial charge in [0.25, 0.3) is 0 Å². The molecule has 2 amide bonds. The topological polar surface area (TPSA) is 169 Å². The predicted octanol–water partition coefficient (Wildman–Crippen LogP) is 1.03. The van der Waals surface area contributed by atoms with E-state index in [1.807, 2.05) is 0 Å². The van der Waals surface area contributed by atoms with E-state index in [0.29, 0.717) is 29.9 Å². The van der Waals surface area contributed by atoms with Crippen molar-refractivity contribution in [3.63, 3.8) is 0 Å². The van der Waals surface area contributed by atoms with Gasteiger partial charge in [0.1, 0.15) is 17.6 Å². The summed E-state index contributed by atoms with van der Waals surface area (Å²) in [6.07, 6.45) is 2.13. The maximum Gasteiger partial charge on any atom is 0.249 e. The molecule has 0 aliphatic heterocycles. The fourth-order valence-corrected chi connectivity index (χ4v) is 3.00. The number of hydrogen-bond donors (Lipinski definition) is 7. The zero-order valence-corrected chi connectivity index (χ0v) is 17.3. The van der Waals surface area contributed by atoms with Crippen molar-refractivity contribution < 1.29 is 14.7 Å². The summed E-state index contributed by atoms with van der Waals surface area (Å²) in [6, 6.07) is 14.4. The number of aromatic hydroxyl groups is 1. The molecule has 0 saturated carbocycles. The summed E-state index contributed by atoms with van der Waals surface area (Å²) in [5, 5.41) is 32.0. The smallest absolute Gasteiger partial charge is 0.249 e. The number of phenolic OH excluding ortho intramolecular Hbond substituents is 1. The van der Waals surface area contributed by atoms with Gasteiger partial charge in [-0.25, -0.2) is 0 Å². The van der Waals surface area contributed by atoms with Gasteiger partial charge in [-0.3, -0.25) is 20.1 Å². The molecular weight excluding hydrogens is 410 g/mol. The SMILES string of the molecule is N=C(N)c1cccc(NC(C(=O)NCC(=O)NCCc2ccc(O)cc2)c2ccn[nH]2)c1. The van der Waals surface area contributed by atoms with Gasteiger partial charge < -0.3 is 26.8 Å². The van der Waals surface area contributed by atoms with Crippen molar-refractivity contribution in [3.8, 4) is 5.75 Å². The lowest BCUT2D eigenvalue weighted by atomic mass is 10.1. The first-order chi connectivity index (χ1) is 15.4. The van der Waals surface area contributed by atoms with Gasteiger partial charge in [-0.05, 0) is 42.3 Å². The molecule has 0 radical (unpaired) electrons. The molecule has 0 saturated heterocycles. The van der Waals surface area contributed by atoms with Crippen LogP contribution in [0.2, 0.25) is 0 Å². The second-order valence-electron chi connectivity index (χ2n) is 7.07. The van der Waals surface area contributed by atoms with Gasteiger partial charge in [0.15, 0.2) is 0 Å². The number of carbonyl (C=O) groups is 2. The van der Waals surface area contributed by atoms with E-state index in [1.54, 1.807) is 54.6 Å². The number of hydrogen-bond acceptors (Lipinski definition) is 6. The Morgan fingerprint density at radius 1 is 1.12 bits per heavy atom. The van der Waals surface area contributed by atoms with Crippen LogP contribution in [0.25, 0.3) is 0 Å². The van der Waals surface area contributed by atoms with Gasteiger partial charge in [-0.2, -0.15) is 5.10 Å². The Bertz CT molecular complexity index is 1070. The van der Waals surface area contributed by atoms with E-state index in [1.165, 1.54) is 6.20 Å². The third-order valence-corrected chi connectivity index (χ3v) is 4.68. The number of nitrogen functional groups attached to an aromatic ring is 1. The van der Waals surface area contributed by atoms with Crippen LogP contribution in [-0.2, 0) is 16.0 Å². The Balaban J connectivity index is 1.55. The number of amides is 2. The number of benzene rings is 2. The van der Waals surface area contributed by atoms with Crippen LogP contribution in [0.15, 0.2) is 60.8 Å². The molecule has 166 valence electrons. The lowest BCUT2D eigenvalue weighted by Crippen LogP contribution is -2.41. The number of nitrogens with zero attached hydrogens (tertiary/aromatic N) is 1. The average Bonchev–Trinajstić information content (AvgIpc) is 3.32. The highest BCUT2D eigenvalue weighted by Gasteiger charge is 2.22. The van der Waals surface area contributed by atoms with Crippen molar-refractivity contribution >= 4 is 23.3 Å². The molecule has 3 rings (SSSR count). The van der Waals surface area contributed by atoms with Gasteiger partial charge >= 0.3 is 0 Å². The normalized spacial score (nSPS) is 11.4. The summed E-state index contributed by atoms with van der Waals surface area (Å²) in [5.74, 6) is -0.635. The molecule has 8 N–H and O–H groups in total. The molecule has 1 aromatic heterocycles. The number of nitrogens with one attached hydrogen (secondary N) is 5. The molecule has 1 unspecified atom stereocenters. The molecule has 10 heteroatoms. The van der Waals surface area contributed by atoms with Crippen molar-refractivity contribution in [2.24, 2.45) is 5.73 Å². The Labute approximate surface area is 184 Å². The summed E-state index contributed by atoms with van der Waals surface area (Å²) in [5.41, 5.74) is 8.14. The van der Waals surface area contributed by atoms with Crippen molar-refractivity contribution in [2.45, 2.75) is 12.5 Å². The molecule has 0 aliphatic carbocycles. The third kappa shape index (κ3) is 6.33. The van der Waals surface area contributed by atoms with E-state index in [-0.39, 0.29) is 24.0 Å². The Morgan fingerprint density at radius 2 is 1.91 bits per heavy atom. The minimum Gasteiger partial charge on any atom is -0.508 e. The first kappa shape index (κ1) is 22.3. The molecule has 1 heterocycles. The number of phenols is 1. The number of aromatic amines is 1. The first-order valence-electron chi connectivity index (χ1n) is 9.95. The fraction of sp³-hybridized carbons (Fsp3) is 0.182. The van der Waals surface area contributed by atoms with Crippen molar-refractivity contribution in [3.05, 3.63) is 77.6 Å². The number of H-pyrrole nitrogens is 1. The fourth-order valence-electron chi connectivity index (χ4n) is 3.00. The van der Waals surface area contributed by atoms with E-state index in [4.69, 9.17) is 11.1 Å². The lowest BCUT2D eigenvalue weighted by Gasteiger charge is -2.18. The quantitative estimate of drug-likeness (QED) is 0.185. The molecule has 0 fully saturated rings. The standard InChI is InChI=1S/C22H25N7O3/c23-21(24)15-2-1-3-16(12-15)28-20(18-9-11-27-29-18)22(32)26-13-19(31)25-10-8-14-4-6-17(30)7-5-14/h1-7,9,11-12,20,28,30H,8,10,13H2,(H3,23,24)(H,25,31)(H,26,32)(H,27,29). The number of rotatable bonds is 10. The maximum atomic E-state index is 12.8. The number of anilines is 1. The highest BCUT2D eigenvalue weighted by atomic mass is 16.3. The van der Waals surface area contributed by atoms with Crippen molar-refractivity contribution in [1.29, 1.82) is 5.41 Å². The average molecular weight is 435 g/mol. The van der Waals surface area contributed by atoms with Crippen molar-refractivity contribution in [1.82, 2.24) is 20.8 Å². The molecule has 0 aliphatic rings. The Morgan fingerprint density at radius 3 is 2.59 bits per heavy atom. The highest BCUT2D eigenvalue weighted by Crippen LogP contribution is 2.19. The van der Waals surface area contributed by atoms with Gasteiger partial charge in [0.2, 0.25) is 11.8 Å². The van der Waals surface area contributed by atoms with E-state index in [9.17, 15) is 14.7 Å². The van der Waals surface area contributed by atoms with Gasteiger partial charge in [0.05, 0.1) is 12.2 Å². The molecule has 32 heavy (non-hydrogen) atoms. The maximum absolute atomic E-state index is 12.8. The largest absolute Gasteiger partial charge is 0.508 e. The minimum atomic E-state index is -0.829. The molecule has 2 aromatic carbocycles. The first-order valence-corrected chi connectivity index (χ1v) is 9.95. The Hall–Kier alpha value is -4.34. The molecule has 1 atom stereocenters. The predicted molar refractivity (Wildman–Crippen MR) is 120 cm³/mol. The van der Waals surface area contributed by atoms with Crippen LogP contribution in [0, 0.1) is 5.41 Å². The summed E-state index contributed by atoms with van der Waals surface area (Å²) < 4.78 is 0. The van der Waals surface area contributed by atoms with Crippen LogP contribution in [0.4, 0.5) is 5.69 Å². The summed E-state index contributed by atoms with van der Waals surface area (Å²) >= 11 is 0. The van der Waals surface area contributed by atoms with E-state index in [0.717, 1.165) is 5.56 Å².